The van der Waals surface area contributed by atoms with Gasteiger partial charge in [-0.3, -0.25) is 9.69 Å². The van der Waals surface area contributed by atoms with Crippen molar-refractivity contribution in [1.29, 1.82) is 0 Å². The van der Waals surface area contributed by atoms with E-state index in [2.05, 4.69) is 41.2 Å². The van der Waals surface area contributed by atoms with E-state index >= 15 is 0 Å². The lowest BCUT2D eigenvalue weighted by molar-refractivity contribution is 0.0332. The number of benzene rings is 2. The van der Waals surface area contributed by atoms with Crippen LogP contribution in [0.1, 0.15) is 33.2 Å². The van der Waals surface area contributed by atoms with E-state index < -0.39 is 0 Å². The Kier molecular flexibility index (Phi) is 5.46. The molecule has 1 aliphatic rings. The van der Waals surface area contributed by atoms with Gasteiger partial charge in [0.05, 0.1) is 19.3 Å². The molecule has 2 heterocycles. The number of nitrogens with zero attached hydrogens (tertiary/aromatic N) is 1. The Morgan fingerprint density at radius 3 is 2.64 bits per heavy atom. The number of ether oxygens (including phenoxy) is 1. The lowest BCUT2D eigenvalue weighted by Crippen LogP contribution is -2.43. The van der Waals surface area contributed by atoms with Crippen LogP contribution in [0, 0.1) is 13.8 Å². The monoisotopic (exact) mass is 377 g/mol. The summed E-state index contributed by atoms with van der Waals surface area (Å²) >= 11 is 0. The summed E-state index contributed by atoms with van der Waals surface area (Å²) in [6, 6.07) is 16.0. The summed E-state index contributed by atoms with van der Waals surface area (Å²) < 4.78 is 5.46. The van der Waals surface area contributed by atoms with Crippen LogP contribution in [0.4, 0.5) is 0 Å². The number of amides is 1. The number of hydrogen-bond donors (Lipinski definition) is 2. The van der Waals surface area contributed by atoms with Gasteiger partial charge in [0.1, 0.15) is 0 Å². The van der Waals surface area contributed by atoms with Gasteiger partial charge in [-0.15, -0.1) is 0 Å². The summed E-state index contributed by atoms with van der Waals surface area (Å²) in [6.07, 6.45) is 0. The van der Waals surface area contributed by atoms with Crippen molar-refractivity contribution in [3.8, 4) is 0 Å². The quantitative estimate of drug-likeness (QED) is 0.714. The average Bonchev–Trinajstić information content (AvgIpc) is 3.02. The highest BCUT2D eigenvalue weighted by molar-refractivity contribution is 5.99. The van der Waals surface area contributed by atoms with Crippen molar-refractivity contribution >= 4 is 16.8 Å². The Morgan fingerprint density at radius 1 is 1.14 bits per heavy atom. The molecule has 146 valence electrons. The number of hydrogen-bond acceptors (Lipinski definition) is 3. The number of morpholine rings is 1. The van der Waals surface area contributed by atoms with Gasteiger partial charge in [0, 0.05) is 41.8 Å². The summed E-state index contributed by atoms with van der Waals surface area (Å²) in [4.78, 5) is 18.8. The van der Waals surface area contributed by atoms with Crippen LogP contribution in [0.2, 0.25) is 0 Å². The number of nitrogens with one attached hydrogen (secondary N) is 2. The van der Waals surface area contributed by atoms with Crippen molar-refractivity contribution in [2.75, 3.05) is 32.8 Å². The van der Waals surface area contributed by atoms with Gasteiger partial charge in [-0.2, -0.15) is 0 Å². The number of carbonyl (C=O) groups excluding carboxylic acids is 1. The van der Waals surface area contributed by atoms with Crippen LogP contribution in [0.3, 0.4) is 0 Å². The molecule has 5 heteroatoms. The third-order valence-electron chi connectivity index (χ3n) is 5.62. The number of fused-ring (bicyclic) bond motifs is 1. The van der Waals surface area contributed by atoms with Gasteiger partial charge in [-0.1, -0.05) is 30.3 Å². The summed E-state index contributed by atoms with van der Waals surface area (Å²) in [5, 5.41) is 4.36. The number of carbonyl (C=O) groups is 1. The first kappa shape index (κ1) is 18.7. The molecule has 5 nitrogen and oxygen atoms in total. The third kappa shape index (κ3) is 3.96. The molecular formula is C23H27N3O2. The fraction of sp³-hybridized carbons (Fsp3) is 0.348. The number of H-pyrrole nitrogens is 1. The Morgan fingerprint density at radius 2 is 1.89 bits per heavy atom. The van der Waals surface area contributed by atoms with Crippen LogP contribution < -0.4 is 5.32 Å². The first-order valence-electron chi connectivity index (χ1n) is 9.86. The van der Waals surface area contributed by atoms with E-state index in [1.54, 1.807) is 0 Å². The second-order valence-corrected chi connectivity index (χ2v) is 7.49. The van der Waals surface area contributed by atoms with Crippen LogP contribution in [0.25, 0.3) is 10.9 Å². The topological polar surface area (TPSA) is 57.4 Å². The van der Waals surface area contributed by atoms with E-state index in [4.69, 9.17) is 4.74 Å². The molecule has 1 atom stereocenters. The second-order valence-electron chi connectivity index (χ2n) is 7.49. The fourth-order valence-electron chi connectivity index (χ4n) is 3.81. The third-order valence-corrected chi connectivity index (χ3v) is 5.62. The highest BCUT2D eigenvalue weighted by Gasteiger charge is 2.21. The number of aromatic nitrogens is 1. The molecule has 2 aromatic carbocycles. The van der Waals surface area contributed by atoms with Crippen LogP contribution in [0.5, 0.6) is 0 Å². The second kappa shape index (κ2) is 8.17. The van der Waals surface area contributed by atoms with Crippen molar-refractivity contribution < 1.29 is 9.53 Å². The smallest absolute Gasteiger partial charge is 0.251 e. The Bertz CT molecular complexity index is 959. The summed E-state index contributed by atoms with van der Waals surface area (Å²) in [5.41, 5.74) is 5.22. The predicted octanol–water partition coefficient (Wildman–Crippen LogP) is 3.59. The van der Waals surface area contributed by atoms with E-state index in [1.807, 2.05) is 36.4 Å². The Hall–Kier alpha value is -2.63. The van der Waals surface area contributed by atoms with Crippen LogP contribution in [0.15, 0.2) is 48.5 Å². The minimum atomic E-state index is -0.0587. The Labute approximate surface area is 165 Å². The zero-order valence-electron chi connectivity index (χ0n) is 16.5. The summed E-state index contributed by atoms with van der Waals surface area (Å²) in [6.45, 7) is 8.21. The molecule has 0 bridgehead atoms. The highest BCUT2D eigenvalue weighted by atomic mass is 16.5. The summed E-state index contributed by atoms with van der Waals surface area (Å²) in [7, 11) is 0. The molecule has 1 saturated heterocycles. The molecule has 1 amide bonds. The van der Waals surface area contributed by atoms with Gasteiger partial charge >= 0.3 is 0 Å². The SMILES string of the molecule is Cc1[nH]c2ccc(C(=O)N[C@@H](CN3CCOCC3)c3ccccc3)cc2c1C. The molecule has 1 aromatic heterocycles. The highest BCUT2D eigenvalue weighted by Crippen LogP contribution is 2.23. The van der Waals surface area contributed by atoms with E-state index in [1.165, 1.54) is 5.56 Å². The molecule has 0 unspecified atom stereocenters. The van der Waals surface area contributed by atoms with Gasteiger partial charge < -0.3 is 15.0 Å². The maximum atomic E-state index is 13.1. The normalized spacial score (nSPS) is 16.2. The molecular weight excluding hydrogens is 350 g/mol. The van der Waals surface area contributed by atoms with Crippen LogP contribution >= 0.6 is 0 Å². The van der Waals surface area contributed by atoms with E-state index in [-0.39, 0.29) is 11.9 Å². The van der Waals surface area contributed by atoms with E-state index in [0.717, 1.165) is 55.0 Å². The minimum Gasteiger partial charge on any atom is -0.379 e. The molecule has 28 heavy (non-hydrogen) atoms. The molecule has 0 radical (unpaired) electrons. The first-order valence-corrected chi connectivity index (χ1v) is 9.86. The van der Waals surface area contributed by atoms with Crippen molar-refractivity contribution in [3.05, 3.63) is 70.9 Å². The predicted molar refractivity (Wildman–Crippen MR) is 112 cm³/mol. The molecule has 0 saturated carbocycles. The van der Waals surface area contributed by atoms with Crippen molar-refractivity contribution in [1.82, 2.24) is 15.2 Å². The fourth-order valence-corrected chi connectivity index (χ4v) is 3.81. The van der Waals surface area contributed by atoms with E-state index in [9.17, 15) is 4.79 Å². The number of aromatic amines is 1. The van der Waals surface area contributed by atoms with Gasteiger partial charge in [-0.05, 0) is 43.2 Å². The molecule has 2 N–H and O–H groups in total. The molecule has 3 aromatic rings. The molecule has 0 spiro atoms. The maximum Gasteiger partial charge on any atom is 0.251 e. The van der Waals surface area contributed by atoms with Gasteiger partial charge in [0.25, 0.3) is 5.91 Å². The number of aryl methyl sites for hydroxylation is 2. The summed E-state index contributed by atoms with van der Waals surface area (Å²) in [5.74, 6) is -0.0396. The lowest BCUT2D eigenvalue weighted by atomic mass is 10.0. The standard InChI is InChI=1S/C23H27N3O2/c1-16-17(2)24-21-9-8-19(14-20(16)21)23(27)25-22(18-6-4-3-5-7-18)15-26-10-12-28-13-11-26/h3-9,14,22,24H,10-13,15H2,1-2H3,(H,25,27)/t22-/m0/s1. The Balaban J connectivity index is 1.56. The average molecular weight is 377 g/mol. The van der Waals surface area contributed by atoms with Crippen molar-refractivity contribution in [3.63, 3.8) is 0 Å². The number of rotatable bonds is 5. The zero-order valence-corrected chi connectivity index (χ0v) is 16.5. The zero-order chi connectivity index (χ0) is 19.5. The van der Waals surface area contributed by atoms with Crippen LogP contribution in [-0.4, -0.2) is 48.6 Å². The van der Waals surface area contributed by atoms with Crippen molar-refractivity contribution in [2.45, 2.75) is 19.9 Å². The maximum absolute atomic E-state index is 13.1. The molecule has 0 aliphatic carbocycles. The van der Waals surface area contributed by atoms with Crippen molar-refractivity contribution in [2.24, 2.45) is 0 Å². The molecule has 4 rings (SSSR count). The lowest BCUT2D eigenvalue weighted by Gasteiger charge is -2.31. The molecule has 1 aliphatic heterocycles. The van der Waals surface area contributed by atoms with Gasteiger partial charge in [-0.25, -0.2) is 0 Å². The first-order chi connectivity index (χ1) is 13.6. The minimum absolute atomic E-state index is 0.0396. The van der Waals surface area contributed by atoms with Gasteiger partial charge in [0.2, 0.25) is 0 Å². The van der Waals surface area contributed by atoms with E-state index in [0.29, 0.717) is 5.56 Å². The largest absolute Gasteiger partial charge is 0.379 e. The molecule has 1 fully saturated rings. The van der Waals surface area contributed by atoms with Gasteiger partial charge in [0.15, 0.2) is 0 Å². The van der Waals surface area contributed by atoms with Crippen LogP contribution in [-0.2, 0) is 4.74 Å².